The van der Waals surface area contributed by atoms with Gasteiger partial charge in [-0.3, -0.25) is 19.2 Å². The molecule has 1 aromatic carbocycles. The van der Waals surface area contributed by atoms with Gasteiger partial charge in [0.1, 0.15) is 12.6 Å². The minimum absolute atomic E-state index is 0.0743. The summed E-state index contributed by atoms with van der Waals surface area (Å²) in [6.07, 6.45) is 0. The summed E-state index contributed by atoms with van der Waals surface area (Å²) in [5, 5.41) is 7.67. The van der Waals surface area contributed by atoms with Crippen LogP contribution in [0, 0.1) is 5.92 Å². The molecule has 0 spiro atoms. The lowest BCUT2D eigenvalue weighted by molar-refractivity contribution is -0.128. The molecule has 37 heavy (non-hydrogen) atoms. The molecular formula is C23H25ClF2N4O6S. The van der Waals surface area contributed by atoms with Gasteiger partial charge in [0.05, 0.1) is 21.5 Å². The van der Waals surface area contributed by atoms with Crippen molar-refractivity contribution < 1.29 is 37.4 Å². The van der Waals surface area contributed by atoms with Crippen LogP contribution < -0.4 is 25.6 Å². The molecule has 1 fully saturated rings. The molecule has 1 aliphatic rings. The maximum absolute atomic E-state index is 13.1. The lowest BCUT2D eigenvalue weighted by Crippen LogP contribution is -2.51. The van der Waals surface area contributed by atoms with Crippen molar-refractivity contribution in [1.82, 2.24) is 10.6 Å². The third kappa shape index (κ3) is 7.84. The van der Waals surface area contributed by atoms with Crippen molar-refractivity contribution in [3.63, 3.8) is 0 Å². The quantitative estimate of drug-likeness (QED) is 0.412. The van der Waals surface area contributed by atoms with Gasteiger partial charge in [-0.25, -0.2) is 0 Å². The van der Waals surface area contributed by atoms with Crippen LogP contribution in [0.1, 0.15) is 23.5 Å². The summed E-state index contributed by atoms with van der Waals surface area (Å²) < 4.78 is 36.3. The van der Waals surface area contributed by atoms with Crippen molar-refractivity contribution in [2.75, 3.05) is 36.5 Å². The fourth-order valence-corrected chi connectivity index (χ4v) is 4.23. The Morgan fingerprint density at radius 2 is 1.95 bits per heavy atom. The van der Waals surface area contributed by atoms with Crippen LogP contribution in [-0.4, -0.2) is 62.6 Å². The summed E-state index contributed by atoms with van der Waals surface area (Å²) >= 11 is 6.91. The zero-order valence-corrected chi connectivity index (χ0v) is 21.5. The Morgan fingerprint density at radius 3 is 2.57 bits per heavy atom. The van der Waals surface area contributed by atoms with Gasteiger partial charge in [0, 0.05) is 30.8 Å². The fraction of sp³-hybridized carbons (Fsp3) is 0.391. The largest absolute Gasteiger partial charge is 0.433 e. The van der Waals surface area contributed by atoms with Gasteiger partial charge >= 0.3 is 6.61 Å². The number of benzene rings is 1. The molecule has 1 aliphatic heterocycles. The number of morpholine rings is 1. The predicted octanol–water partition coefficient (Wildman–Crippen LogP) is 2.88. The molecule has 200 valence electrons. The van der Waals surface area contributed by atoms with Crippen LogP contribution in [0.4, 0.5) is 20.2 Å². The number of thiophene rings is 1. The number of hydrogen-bond donors (Lipinski definition) is 3. The highest BCUT2D eigenvalue weighted by Gasteiger charge is 2.27. The van der Waals surface area contributed by atoms with E-state index < -0.39 is 42.2 Å². The zero-order chi connectivity index (χ0) is 27.1. The minimum atomic E-state index is -3.18. The molecule has 14 heteroatoms. The number of ether oxygens (including phenoxy) is 2. The standard InChI is InChI=1S/C23H25ClF2N4O6S/c1-12(2)20(32)29-14(10-27-22(34)17-5-6-18(24)37-17)21(33)28-13-3-4-15(16(9-13)36-23(25)26)30-7-8-35-11-19(30)31/h3-6,9,12,14,23H,7-8,10-11H2,1-2H3,(H,27,34)(H,28,33)(H,29,32)/t14-/m1/s1. The monoisotopic (exact) mass is 558 g/mol. The molecule has 0 aliphatic carbocycles. The van der Waals surface area contributed by atoms with Gasteiger partial charge in [-0.1, -0.05) is 25.4 Å². The molecule has 2 heterocycles. The number of rotatable bonds is 10. The maximum atomic E-state index is 13.1. The van der Waals surface area contributed by atoms with Gasteiger partial charge in [-0.05, 0) is 24.3 Å². The fourth-order valence-electron chi connectivity index (χ4n) is 3.27. The molecule has 1 aromatic heterocycles. The van der Waals surface area contributed by atoms with E-state index in [9.17, 15) is 28.0 Å². The Morgan fingerprint density at radius 1 is 1.19 bits per heavy atom. The van der Waals surface area contributed by atoms with E-state index >= 15 is 0 Å². The highest BCUT2D eigenvalue weighted by molar-refractivity contribution is 7.18. The second kappa shape index (κ2) is 12.8. The van der Waals surface area contributed by atoms with Gasteiger partial charge < -0.3 is 30.3 Å². The van der Waals surface area contributed by atoms with Crippen LogP contribution in [0.25, 0.3) is 0 Å². The van der Waals surface area contributed by atoms with Crippen molar-refractivity contribution in [2.24, 2.45) is 5.92 Å². The number of carbonyl (C=O) groups excluding carboxylic acids is 4. The van der Waals surface area contributed by atoms with Crippen LogP contribution >= 0.6 is 22.9 Å². The van der Waals surface area contributed by atoms with Crippen molar-refractivity contribution >= 4 is 57.9 Å². The first kappa shape index (κ1) is 28.3. The first-order valence-electron chi connectivity index (χ1n) is 11.2. The van der Waals surface area contributed by atoms with Crippen molar-refractivity contribution in [2.45, 2.75) is 26.5 Å². The number of anilines is 2. The highest BCUT2D eigenvalue weighted by Crippen LogP contribution is 2.33. The zero-order valence-electron chi connectivity index (χ0n) is 19.9. The Hall–Kier alpha value is -3.29. The highest BCUT2D eigenvalue weighted by atomic mass is 35.5. The third-order valence-corrected chi connectivity index (χ3v) is 6.37. The number of nitrogens with zero attached hydrogens (tertiary/aromatic N) is 1. The number of halogens is 3. The van der Waals surface area contributed by atoms with Crippen LogP contribution in [0.3, 0.4) is 0 Å². The number of hydrogen-bond acceptors (Lipinski definition) is 7. The van der Waals surface area contributed by atoms with E-state index in [1.165, 1.54) is 23.1 Å². The molecule has 0 unspecified atom stereocenters. The Balaban J connectivity index is 1.78. The molecule has 3 N–H and O–H groups in total. The Bertz CT molecular complexity index is 1160. The van der Waals surface area contributed by atoms with E-state index in [0.717, 1.165) is 17.4 Å². The molecule has 0 bridgehead atoms. The van der Waals surface area contributed by atoms with Crippen LogP contribution in [-0.2, 0) is 19.1 Å². The second-order valence-corrected chi connectivity index (χ2v) is 9.89. The predicted molar refractivity (Wildman–Crippen MR) is 133 cm³/mol. The number of alkyl halides is 2. The molecule has 0 saturated carbocycles. The van der Waals surface area contributed by atoms with Gasteiger partial charge in [-0.2, -0.15) is 8.78 Å². The van der Waals surface area contributed by atoms with Crippen molar-refractivity contribution in [1.29, 1.82) is 0 Å². The van der Waals surface area contributed by atoms with Crippen molar-refractivity contribution in [3.8, 4) is 5.75 Å². The minimum Gasteiger partial charge on any atom is -0.433 e. The average Bonchev–Trinajstić information content (AvgIpc) is 3.28. The van der Waals surface area contributed by atoms with E-state index in [2.05, 4.69) is 20.7 Å². The molecule has 3 rings (SSSR count). The van der Waals surface area contributed by atoms with Gasteiger partial charge in [0.2, 0.25) is 11.8 Å². The summed E-state index contributed by atoms with van der Waals surface area (Å²) in [5.74, 6) is -2.83. The summed E-state index contributed by atoms with van der Waals surface area (Å²) in [5.41, 5.74) is 0.170. The van der Waals surface area contributed by atoms with Gasteiger partial charge in [0.25, 0.3) is 11.8 Å². The molecule has 10 nitrogen and oxygen atoms in total. The van der Waals surface area contributed by atoms with Crippen LogP contribution in [0.2, 0.25) is 4.34 Å². The lowest BCUT2D eigenvalue weighted by atomic mass is 10.1. The van der Waals surface area contributed by atoms with E-state index in [1.54, 1.807) is 19.9 Å². The summed E-state index contributed by atoms with van der Waals surface area (Å²) in [4.78, 5) is 51.5. The molecular weight excluding hydrogens is 534 g/mol. The van der Waals surface area contributed by atoms with E-state index in [1.807, 2.05) is 0 Å². The Labute approximate surface area is 220 Å². The number of carbonyl (C=O) groups is 4. The van der Waals surface area contributed by atoms with Crippen LogP contribution in [0.5, 0.6) is 5.75 Å². The smallest absolute Gasteiger partial charge is 0.387 e. The Kier molecular flexibility index (Phi) is 9.78. The lowest BCUT2D eigenvalue weighted by Gasteiger charge is -2.28. The average molecular weight is 559 g/mol. The normalized spacial score (nSPS) is 14.5. The number of nitrogens with one attached hydrogen (secondary N) is 3. The molecule has 0 radical (unpaired) electrons. The van der Waals surface area contributed by atoms with E-state index in [0.29, 0.717) is 9.21 Å². The molecule has 1 atom stereocenters. The van der Waals surface area contributed by atoms with Crippen molar-refractivity contribution in [3.05, 3.63) is 39.5 Å². The first-order valence-corrected chi connectivity index (χ1v) is 12.4. The third-order valence-electron chi connectivity index (χ3n) is 5.14. The summed E-state index contributed by atoms with van der Waals surface area (Å²) in [6.45, 7) is 0.000367. The topological polar surface area (TPSA) is 126 Å². The van der Waals surface area contributed by atoms with E-state index in [4.69, 9.17) is 16.3 Å². The number of amides is 4. The summed E-state index contributed by atoms with van der Waals surface area (Å²) in [7, 11) is 0. The SMILES string of the molecule is CC(C)C(=O)N[C@H](CNC(=O)c1ccc(Cl)s1)C(=O)Nc1ccc(N2CCOCC2=O)c(OC(F)F)c1. The van der Waals surface area contributed by atoms with E-state index in [-0.39, 0.29) is 43.4 Å². The maximum Gasteiger partial charge on any atom is 0.387 e. The summed E-state index contributed by atoms with van der Waals surface area (Å²) in [6, 6.07) is 5.81. The first-order chi connectivity index (χ1) is 17.5. The second-order valence-electron chi connectivity index (χ2n) is 8.18. The van der Waals surface area contributed by atoms with Crippen LogP contribution in [0.15, 0.2) is 30.3 Å². The molecule has 1 saturated heterocycles. The van der Waals surface area contributed by atoms with Gasteiger partial charge in [-0.15, -0.1) is 11.3 Å². The van der Waals surface area contributed by atoms with Gasteiger partial charge in [0.15, 0.2) is 5.75 Å². The molecule has 4 amide bonds. The molecule has 2 aromatic rings.